The molecule has 0 heterocycles. The van der Waals surface area contributed by atoms with Gasteiger partial charge in [0.25, 0.3) is 0 Å². The first kappa shape index (κ1) is 14.7. The van der Waals surface area contributed by atoms with Crippen LogP contribution in [-0.2, 0) is 11.2 Å². The van der Waals surface area contributed by atoms with Crippen molar-refractivity contribution in [3.8, 4) is 0 Å². The Hall–Kier alpha value is -1.39. The minimum absolute atomic E-state index is 0.0254. The van der Waals surface area contributed by atoms with Gasteiger partial charge < -0.3 is 16.2 Å². The molecule has 1 aromatic carbocycles. The molecule has 0 spiro atoms. The SMILES string of the molecule is CC(N)CCC(=O)N[C@H](CO)Cc1ccccc1. The van der Waals surface area contributed by atoms with Crippen LogP contribution in [0.5, 0.6) is 0 Å². The third kappa shape index (κ3) is 5.80. The first-order valence-corrected chi connectivity index (χ1v) is 6.31. The summed E-state index contributed by atoms with van der Waals surface area (Å²) in [6.07, 6.45) is 1.71. The normalized spacial score (nSPS) is 13.9. The molecule has 0 aromatic heterocycles. The molecule has 0 saturated carbocycles. The topological polar surface area (TPSA) is 75.4 Å². The highest BCUT2D eigenvalue weighted by Gasteiger charge is 2.12. The fourth-order valence-electron chi connectivity index (χ4n) is 1.72. The van der Waals surface area contributed by atoms with Crippen LogP contribution in [0.3, 0.4) is 0 Å². The van der Waals surface area contributed by atoms with Crippen LogP contribution in [-0.4, -0.2) is 29.7 Å². The smallest absolute Gasteiger partial charge is 0.220 e. The summed E-state index contributed by atoms with van der Waals surface area (Å²) < 4.78 is 0. The van der Waals surface area contributed by atoms with Crippen LogP contribution < -0.4 is 11.1 Å². The summed E-state index contributed by atoms with van der Waals surface area (Å²) in [5, 5.41) is 12.1. The fourth-order valence-corrected chi connectivity index (χ4v) is 1.72. The van der Waals surface area contributed by atoms with E-state index in [1.165, 1.54) is 0 Å². The van der Waals surface area contributed by atoms with Gasteiger partial charge in [0, 0.05) is 12.5 Å². The van der Waals surface area contributed by atoms with Crippen molar-refractivity contribution in [2.75, 3.05) is 6.61 Å². The first-order chi connectivity index (χ1) is 8.61. The molecule has 0 aliphatic rings. The number of benzene rings is 1. The summed E-state index contributed by atoms with van der Waals surface area (Å²) >= 11 is 0. The summed E-state index contributed by atoms with van der Waals surface area (Å²) in [6, 6.07) is 9.60. The molecule has 0 fully saturated rings. The van der Waals surface area contributed by atoms with Crippen LogP contribution in [0, 0.1) is 0 Å². The zero-order valence-electron chi connectivity index (χ0n) is 10.8. The van der Waals surface area contributed by atoms with Crippen LogP contribution in [0.4, 0.5) is 0 Å². The van der Waals surface area contributed by atoms with Crippen LogP contribution in [0.2, 0.25) is 0 Å². The largest absolute Gasteiger partial charge is 0.394 e. The second-order valence-corrected chi connectivity index (χ2v) is 4.65. The molecule has 4 N–H and O–H groups in total. The number of hydrogen-bond donors (Lipinski definition) is 3. The van der Waals surface area contributed by atoms with Gasteiger partial charge in [0.15, 0.2) is 0 Å². The summed E-state index contributed by atoms with van der Waals surface area (Å²) in [5.74, 6) is -0.0534. The Morgan fingerprint density at radius 2 is 2.06 bits per heavy atom. The van der Waals surface area contributed by atoms with E-state index in [1.54, 1.807) is 0 Å². The van der Waals surface area contributed by atoms with Crippen LogP contribution in [0.15, 0.2) is 30.3 Å². The molecule has 1 rings (SSSR count). The van der Waals surface area contributed by atoms with Gasteiger partial charge in [-0.1, -0.05) is 30.3 Å². The lowest BCUT2D eigenvalue weighted by Gasteiger charge is -2.16. The van der Waals surface area contributed by atoms with Gasteiger partial charge >= 0.3 is 0 Å². The van der Waals surface area contributed by atoms with Gasteiger partial charge in [-0.25, -0.2) is 0 Å². The lowest BCUT2D eigenvalue weighted by Crippen LogP contribution is -2.39. The van der Waals surface area contributed by atoms with Crippen LogP contribution in [0.1, 0.15) is 25.3 Å². The number of amides is 1. The molecule has 0 radical (unpaired) electrons. The number of carbonyl (C=O) groups excluding carboxylic acids is 1. The van der Waals surface area contributed by atoms with E-state index in [2.05, 4.69) is 5.32 Å². The predicted molar refractivity (Wildman–Crippen MR) is 72.0 cm³/mol. The highest BCUT2D eigenvalue weighted by Crippen LogP contribution is 2.03. The Morgan fingerprint density at radius 3 is 2.61 bits per heavy atom. The minimum atomic E-state index is -0.229. The summed E-state index contributed by atoms with van der Waals surface area (Å²) in [5.41, 5.74) is 6.70. The van der Waals surface area contributed by atoms with Crippen molar-refractivity contribution in [1.29, 1.82) is 0 Å². The second kappa shape index (κ2) is 7.84. The zero-order valence-corrected chi connectivity index (χ0v) is 10.8. The maximum Gasteiger partial charge on any atom is 0.220 e. The molecular weight excluding hydrogens is 228 g/mol. The molecule has 4 heteroatoms. The van der Waals surface area contributed by atoms with Crippen molar-refractivity contribution in [2.45, 2.75) is 38.3 Å². The van der Waals surface area contributed by atoms with Crippen molar-refractivity contribution < 1.29 is 9.90 Å². The Balaban J connectivity index is 2.40. The first-order valence-electron chi connectivity index (χ1n) is 6.31. The molecule has 0 saturated heterocycles. The number of nitrogens with one attached hydrogen (secondary N) is 1. The van der Waals surface area contributed by atoms with Gasteiger partial charge in [0.05, 0.1) is 12.6 Å². The summed E-state index contributed by atoms with van der Waals surface area (Å²) in [7, 11) is 0. The average molecular weight is 250 g/mol. The number of rotatable bonds is 7. The molecule has 2 atom stereocenters. The third-order valence-electron chi connectivity index (χ3n) is 2.74. The Bertz CT molecular complexity index is 352. The lowest BCUT2D eigenvalue weighted by molar-refractivity contribution is -0.122. The number of carbonyl (C=O) groups is 1. The maximum absolute atomic E-state index is 11.6. The van der Waals surface area contributed by atoms with Crippen molar-refractivity contribution in [2.24, 2.45) is 5.73 Å². The van der Waals surface area contributed by atoms with Gasteiger partial charge in [-0.3, -0.25) is 4.79 Å². The molecular formula is C14H22N2O2. The number of aliphatic hydroxyl groups is 1. The van der Waals surface area contributed by atoms with Gasteiger partial charge in [-0.05, 0) is 25.3 Å². The highest BCUT2D eigenvalue weighted by atomic mass is 16.3. The van der Waals surface area contributed by atoms with E-state index >= 15 is 0 Å². The minimum Gasteiger partial charge on any atom is -0.394 e. The third-order valence-corrected chi connectivity index (χ3v) is 2.74. The number of nitrogens with two attached hydrogens (primary N) is 1. The molecule has 1 aromatic rings. The van der Waals surface area contributed by atoms with Crippen LogP contribution >= 0.6 is 0 Å². The Labute approximate surface area is 108 Å². The Morgan fingerprint density at radius 1 is 1.39 bits per heavy atom. The van der Waals surface area contributed by atoms with E-state index in [1.807, 2.05) is 37.3 Å². The van der Waals surface area contributed by atoms with E-state index in [4.69, 9.17) is 5.73 Å². The van der Waals surface area contributed by atoms with E-state index < -0.39 is 0 Å². The molecule has 0 aliphatic carbocycles. The predicted octanol–water partition coefficient (Wildman–Crippen LogP) is 0.834. The summed E-state index contributed by atoms with van der Waals surface area (Å²) in [4.78, 5) is 11.6. The second-order valence-electron chi connectivity index (χ2n) is 4.65. The molecule has 0 aliphatic heterocycles. The van der Waals surface area contributed by atoms with E-state index in [0.717, 1.165) is 5.56 Å². The average Bonchev–Trinajstić information content (AvgIpc) is 2.37. The molecule has 18 heavy (non-hydrogen) atoms. The Kier molecular flexibility index (Phi) is 6.39. The lowest BCUT2D eigenvalue weighted by atomic mass is 10.1. The zero-order chi connectivity index (χ0) is 13.4. The molecule has 1 unspecified atom stereocenters. The van der Waals surface area contributed by atoms with Crippen molar-refractivity contribution in [3.05, 3.63) is 35.9 Å². The highest BCUT2D eigenvalue weighted by molar-refractivity contribution is 5.76. The monoisotopic (exact) mass is 250 g/mol. The molecule has 4 nitrogen and oxygen atoms in total. The van der Waals surface area contributed by atoms with Crippen molar-refractivity contribution in [1.82, 2.24) is 5.32 Å². The molecule has 1 amide bonds. The quantitative estimate of drug-likeness (QED) is 0.671. The van der Waals surface area contributed by atoms with Gasteiger partial charge in [0.2, 0.25) is 5.91 Å². The van der Waals surface area contributed by atoms with Gasteiger partial charge in [-0.2, -0.15) is 0 Å². The van der Waals surface area contributed by atoms with Crippen LogP contribution in [0.25, 0.3) is 0 Å². The van der Waals surface area contributed by atoms with E-state index in [9.17, 15) is 9.90 Å². The van der Waals surface area contributed by atoms with Crippen molar-refractivity contribution >= 4 is 5.91 Å². The van der Waals surface area contributed by atoms with Gasteiger partial charge in [0.1, 0.15) is 0 Å². The molecule has 0 bridgehead atoms. The standard InChI is InChI=1S/C14H22N2O2/c1-11(15)7-8-14(18)16-13(10-17)9-12-5-3-2-4-6-12/h2-6,11,13,17H,7-10,15H2,1H3,(H,16,18)/t11?,13-/m0/s1. The van der Waals surface area contributed by atoms with Gasteiger partial charge in [-0.15, -0.1) is 0 Å². The van der Waals surface area contributed by atoms with E-state index in [0.29, 0.717) is 19.3 Å². The maximum atomic E-state index is 11.6. The molecule has 100 valence electrons. The number of aliphatic hydroxyl groups excluding tert-OH is 1. The fraction of sp³-hybridized carbons (Fsp3) is 0.500. The summed E-state index contributed by atoms with van der Waals surface area (Å²) in [6.45, 7) is 1.82. The van der Waals surface area contributed by atoms with Crippen molar-refractivity contribution in [3.63, 3.8) is 0 Å². The van der Waals surface area contributed by atoms with E-state index in [-0.39, 0.29) is 24.6 Å². The number of hydrogen-bond acceptors (Lipinski definition) is 3.